The first-order valence-corrected chi connectivity index (χ1v) is 9.74. The lowest BCUT2D eigenvalue weighted by atomic mass is 10.0. The Morgan fingerprint density at radius 2 is 1.14 bits per heavy atom. The van der Waals surface area contributed by atoms with Gasteiger partial charge in [0.25, 0.3) is 0 Å². The normalized spacial score (nSPS) is 12.4. The summed E-state index contributed by atoms with van der Waals surface area (Å²) in [6.07, 6.45) is 18.6. The van der Waals surface area contributed by atoms with Crippen LogP contribution in [-0.4, -0.2) is 30.9 Å². The molecule has 3 heteroatoms. The molecule has 1 N–H and O–H groups in total. The summed E-state index contributed by atoms with van der Waals surface area (Å²) in [4.78, 5) is 1.56. The Kier molecular flexibility index (Phi) is 20.9. The van der Waals surface area contributed by atoms with Crippen molar-refractivity contribution in [2.24, 2.45) is 0 Å². The smallest absolute Gasteiger partial charge is 0.0766 e. The number of rotatable bonds is 15. The Bertz CT molecular complexity index is 188. The van der Waals surface area contributed by atoms with Crippen LogP contribution in [0.5, 0.6) is 0 Å². The molecule has 0 fully saturated rings. The Morgan fingerprint density at radius 3 is 1.57 bits per heavy atom. The van der Waals surface area contributed by atoms with Crippen molar-refractivity contribution < 1.29 is 17.3 Å². The van der Waals surface area contributed by atoms with Gasteiger partial charge in [0.05, 0.1) is 20.6 Å². The third-order valence-corrected chi connectivity index (χ3v) is 4.73. The first kappa shape index (κ1) is 23.7. The number of unbranched alkanes of at least 4 members (excludes halogenated alkanes) is 10. The summed E-state index contributed by atoms with van der Waals surface area (Å²) in [5.41, 5.74) is 0.739. The molecule has 3 radical (unpaired) electrons. The van der Waals surface area contributed by atoms with Gasteiger partial charge in [0.2, 0.25) is 0 Å². The minimum Gasteiger partial charge on any atom is -1.00 e. The minimum atomic E-state index is 0. The van der Waals surface area contributed by atoms with Gasteiger partial charge in [-0.1, -0.05) is 84.0 Å². The van der Waals surface area contributed by atoms with E-state index in [1.165, 1.54) is 90.0 Å². The number of quaternary nitrogens is 1. The van der Waals surface area contributed by atoms with Crippen LogP contribution in [0.25, 0.3) is 0 Å². The van der Waals surface area contributed by atoms with E-state index in [9.17, 15) is 0 Å². The van der Waals surface area contributed by atoms with Crippen LogP contribution in [0.2, 0.25) is 5.54 Å². The molecule has 1 unspecified atom stereocenters. The fraction of sp³-hybridized carbons (Fsp3) is 1.00. The predicted octanol–water partition coefficient (Wildman–Crippen LogP) is 1.18. The van der Waals surface area contributed by atoms with Gasteiger partial charge in [0.15, 0.2) is 0 Å². The zero-order valence-electron chi connectivity index (χ0n) is 14.9. The van der Waals surface area contributed by atoms with Crippen molar-refractivity contribution in [2.45, 2.75) is 95.9 Å². The second kappa shape index (κ2) is 18.5. The van der Waals surface area contributed by atoms with Crippen molar-refractivity contribution in [1.29, 1.82) is 0 Å². The standard InChI is InChI=1S/C18H38NSi.ClH/c1-4-5-6-7-8-9-10-11-12-13-14-15-18(20)16-17-19(2)3;/h18H,4-17H2,1-3H3;1H. The van der Waals surface area contributed by atoms with Crippen molar-refractivity contribution in [3.05, 3.63) is 0 Å². The average molecular weight is 333 g/mol. The molecule has 0 aromatic rings. The molecule has 0 heterocycles. The molecule has 0 saturated heterocycles. The topological polar surface area (TPSA) is 4.44 Å². The van der Waals surface area contributed by atoms with E-state index < -0.39 is 0 Å². The SMILES string of the molecule is CCCCCCCCCCCCCC([Si])CC[NH+](C)C.[Cl-]. The molecule has 0 aromatic carbocycles. The van der Waals surface area contributed by atoms with E-state index >= 15 is 0 Å². The molecular formula is C18H39ClNSi. The molecular weight excluding hydrogens is 294 g/mol. The van der Waals surface area contributed by atoms with E-state index in [0.29, 0.717) is 0 Å². The minimum absolute atomic E-state index is 0. The molecule has 0 bridgehead atoms. The van der Waals surface area contributed by atoms with E-state index in [1.807, 2.05) is 0 Å². The number of halogens is 1. The van der Waals surface area contributed by atoms with Gasteiger partial charge in [0, 0.05) is 10.2 Å². The number of hydrogen-bond acceptors (Lipinski definition) is 0. The average Bonchev–Trinajstić information content (AvgIpc) is 2.42. The zero-order valence-corrected chi connectivity index (χ0v) is 16.6. The van der Waals surface area contributed by atoms with Crippen LogP contribution in [-0.2, 0) is 0 Å². The Hall–Kier alpha value is 0.467. The van der Waals surface area contributed by atoms with E-state index in [4.69, 9.17) is 0 Å². The Morgan fingerprint density at radius 1 is 0.714 bits per heavy atom. The predicted molar refractivity (Wildman–Crippen MR) is 92.9 cm³/mol. The Balaban J connectivity index is 0. The molecule has 127 valence electrons. The van der Waals surface area contributed by atoms with Crippen LogP contribution in [0.3, 0.4) is 0 Å². The molecule has 0 rings (SSSR count). The largest absolute Gasteiger partial charge is 1.00 e. The zero-order chi connectivity index (χ0) is 15.1. The lowest BCUT2D eigenvalue weighted by Crippen LogP contribution is -3.05. The van der Waals surface area contributed by atoms with E-state index in [0.717, 1.165) is 5.54 Å². The van der Waals surface area contributed by atoms with E-state index in [-0.39, 0.29) is 12.4 Å². The fourth-order valence-corrected chi connectivity index (χ4v) is 3.01. The van der Waals surface area contributed by atoms with Crippen LogP contribution >= 0.6 is 0 Å². The maximum atomic E-state index is 3.87. The molecule has 0 aliphatic carbocycles. The van der Waals surface area contributed by atoms with Crippen molar-refractivity contribution in [1.82, 2.24) is 0 Å². The quantitative estimate of drug-likeness (QED) is 0.339. The monoisotopic (exact) mass is 332 g/mol. The van der Waals surface area contributed by atoms with Crippen molar-refractivity contribution in [3.63, 3.8) is 0 Å². The van der Waals surface area contributed by atoms with Crippen LogP contribution in [0, 0.1) is 0 Å². The summed E-state index contributed by atoms with van der Waals surface area (Å²) >= 11 is 0. The van der Waals surface area contributed by atoms with Crippen LogP contribution in [0.1, 0.15) is 90.4 Å². The second-order valence-electron chi connectivity index (χ2n) is 6.77. The molecule has 21 heavy (non-hydrogen) atoms. The summed E-state index contributed by atoms with van der Waals surface area (Å²) in [6.45, 7) is 3.57. The third-order valence-electron chi connectivity index (χ3n) is 4.15. The summed E-state index contributed by atoms with van der Waals surface area (Å²) in [5, 5.41) is 0. The van der Waals surface area contributed by atoms with Crippen LogP contribution < -0.4 is 17.3 Å². The molecule has 1 atom stereocenters. The summed E-state index contributed by atoms with van der Waals surface area (Å²) < 4.78 is 0. The first-order valence-electron chi connectivity index (χ1n) is 9.17. The molecule has 0 aromatic heterocycles. The third kappa shape index (κ3) is 20.5. The fourth-order valence-electron chi connectivity index (χ4n) is 2.66. The highest BCUT2D eigenvalue weighted by atomic mass is 35.5. The molecule has 1 nitrogen and oxygen atoms in total. The summed E-state index contributed by atoms with van der Waals surface area (Å²) in [5.74, 6) is 0. The lowest BCUT2D eigenvalue weighted by molar-refractivity contribution is -0.858. The maximum Gasteiger partial charge on any atom is 0.0766 e. The molecule has 0 saturated carbocycles. The highest BCUT2D eigenvalue weighted by molar-refractivity contribution is 6.11. The van der Waals surface area contributed by atoms with Gasteiger partial charge in [-0.3, -0.25) is 0 Å². The van der Waals surface area contributed by atoms with Crippen molar-refractivity contribution >= 4 is 10.2 Å². The maximum absolute atomic E-state index is 3.87. The summed E-state index contributed by atoms with van der Waals surface area (Å²) in [7, 11) is 8.34. The van der Waals surface area contributed by atoms with Gasteiger partial charge in [-0.25, -0.2) is 0 Å². The van der Waals surface area contributed by atoms with Gasteiger partial charge >= 0.3 is 0 Å². The van der Waals surface area contributed by atoms with E-state index in [2.05, 4.69) is 31.3 Å². The number of hydrogen-bond donors (Lipinski definition) is 1. The van der Waals surface area contributed by atoms with Crippen molar-refractivity contribution in [2.75, 3.05) is 20.6 Å². The van der Waals surface area contributed by atoms with Gasteiger partial charge in [-0.15, -0.1) is 0 Å². The van der Waals surface area contributed by atoms with E-state index in [1.54, 1.807) is 4.90 Å². The Labute approximate surface area is 144 Å². The van der Waals surface area contributed by atoms with Crippen molar-refractivity contribution in [3.8, 4) is 0 Å². The molecule has 0 spiro atoms. The second-order valence-corrected chi connectivity index (χ2v) is 7.58. The summed E-state index contributed by atoms with van der Waals surface area (Å²) in [6, 6.07) is 0. The van der Waals surface area contributed by atoms with Gasteiger partial charge in [0.1, 0.15) is 0 Å². The molecule has 0 amide bonds. The molecule has 0 aliphatic rings. The lowest BCUT2D eigenvalue weighted by Gasteiger charge is -2.12. The first-order chi connectivity index (χ1) is 9.66. The van der Waals surface area contributed by atoms with Gasteiger partial charge in [-0.2, -0.15) is 0 Å². The van der Waals surface area contributed by atoms with Crippen LogP contribution in [0.15, 0.2) is 0 Å². The van der Waals surface area contributed by atoms with Gasteiger partial charge in [-0.05, 0) is 12.0 Å². The number of nitrogens with one attached hydrogen (secondary N) is 1. The highest BCUT2D eigenvalue weighted by Crippen LogP contribution is 2.17. The van der Waals surface area contributed by atoms with Gasteiger partial charge < -0.3 is 17.3 Å². The molecule has 0 aliphatic heterocycles. The van der Waals surface area contributed by atoms with Crippen LogP contribution in [0.4, 0.5) is 0 Å². The highest BCUT2D eigenvalue weighted by Gasteiger charge is 2.04.